The lowest BCUT2D eigenvalue weighted by Gasteiger charge is -2.00. The van der Waals surface area contributed by atoms with Crippen LogP contribution in [0.1, 0.15) is 0 Å². The molecule has 0 aromatic rings. The minimum absolute atomic E-state index is 1.50. The molecule has 0 unspecified atom stereocenters. The molecule has 1 heterocycles. The van der Waals surface area contributed by atoms with Crippen LogP contribution in [0.15, 0.2) is 0 Å². The average molecular weight is 155 g/mol. The fourth-order valence-corrected chi connectivity index (χ4v) is 2.12. The quantitative estimate of drug-likeness (QED) is 0.388. The van der Waals surface area contributed by atoms with Crippen LogP contribution in [0.4, 0.5) is 0 Å². The van der Waals surface area contributed by atoms with Crippen molar-refractivity contribution in [3.05, 3.63) is 0 Å². The first kappa shape index (κ1) is 10.5. The second kappa shape index (κ2) is 8.01. The van der Waals surface area contributed by atoms with Crippen molar-refractivity contribution in [2.24, 2.45) is 0 Å². The largest absolute Gasteiger partial charge is 0.105 e. The van der Waals surface area contributed by atoms with Crippen LogP contribution in [0.5, 0.6) is 0 Å². The van der Waals surface area contributed by atoms with Crippen molar-refractivity contribution in [2.45, 2.75) is 37.3 Å². The van der Waals surface area contributed by atoms with Gasteiger partial charge in [0, 0.05) is 0 Å². The van der Waals surface area contributed by atoms with Crippen molar-refractivity contribution in [1.29, 1.82) is 0 Å². The van der Waals surface area contributed by atoms with E-state index >= 15 is 0 Å². The molecule has 0 radical (unpaired) electrons. The van der Waals surface area contributed by atoms with Gasteiger partial charge in [0.15, 0.2) is 0 Å². The van der Waals surface area contributed by atoms with Gasteiger partial charge < -0.3 is 0 Å². The lowest BCUT2D eigenvalue weighted by molar-refractivity contribution is 1.71. The summed E-state index contributed by atoms with van der Waals surface area (Å²) >= 11 is 0. The minimum Gasteiger partial charge on any atom is -0.102 e. The van der Waals surface area contributed by atoms with E-state index in [0.717, 1.165) is 0 Å². The second-order valence-corrected chi connectivity index (χ2v) is 4.24. The SMILES string of the molecule is B1CBCBCBCBCBC1. The smallest absolute Gasteiger partial charge is 0.102 e. The van der Waals surface area contributed by atoms with Crippen molar-refractivity contribution in [3.63, 3.8) is 0 Å². The van der Waals surface area contributed by atoms with Crippen LogP contribution in [0.3, 0.4) is 0 Å². The van der Waals surface area contributed by atoms with Gasteiger partial charge in [0.2, 0.25) is 0 Å². The molecular formula is C6H18B6. The molecule has 0 aliphatic carbocycles. The molecule has 12 heavy (non-hydrogen) atoms. The van der Waals surface area contributed by atoms with E-state index in [1.165, 1.54) is 81.0 Å². The molecule has 0 atom stereocenters. The fraction of sp³-hybridized carbons (Fsp3) is 1.00. The summed E-state index contributed by atoms with van der Waals surface area (Å²) in [6.45, 7) is 0. The maximum atomic E-state index is 1.50. The lowest BCUT2D eigenvalue weighted by Crippen LogP contribution is -2.10. The van der Waals surface area contributed by atoms with E-state index in [4.69, 9.17) is 0 Å². The highest BCUT2D eigenvalue weighted by molar-refractivity contribution is 6.75. The highest BCUT2D eigenvalue weighted by atomic mass is 13.5. The van der Waals surface area contributed by atoms with Crippen LogP contribution < -0.4 is 0 Å². The number of rotatable bonds is 0. The van der Waals surface area contributed by atoms with Gasteiger partial charge in [0.25, 0.3) is 0 Å². The van der Waals surface area contributed by atoms with E-state index in [1.54, 1.807) is 0 Å². The zero-order valence-corrected chi connectivity index (χ0v) is 8.49. The Hall–Kier alpha value is 0.390. The van der Waals surface area contributed by atoms with E-state index < -0.39 is 0 Å². The summed E-state index contributed by atoms with van der Waals surface area (Å²) in [5, 5.41) is 0. The highest BCUT2D eigenvalue weighted by Crippen LogP contribution is 1.95. The third kappa shape index (κ3) is 5.97. The van der Waals surface area contributed by atoms with E-state index in [9.17, 15) is 0 Å². The summed E-state index contributed by atoms with van der Waals surface area (Å²) < 4.78 is 0. The Balaban J connectivity index is 2.00. The molecule has 6 heteroatoms. The summed E-state index contributed by atoms with van der Waals surface area (Å²) in [7, 11) is 9.00. The van der Waals surface area contributed by atoms with Crippen molar-refractivity contribution >= 4 is 43.7 Å². The van der Waals surface area contributed by atoms with Gasteiger partial charge in [-0.1, -0.05) is 0 Å². The summed E-state index contributed by atoms with van der Waals surface area (Å²) in [4.78, 5) is 0. The van der Waals surface area contributed by atoms with Crippen molar-refractivity contribution in [3.8, 4) is 0 Å². The summed E-state index contributed by atoms with van der Waals surface area (Å²) in [5.41, 5.74) is 0. The molecule has 0 saturated carbocycles. The standard InChI is InChI=1S/C6H18B6/c1-7-2-9-4-11-6-12-5-10-3-8-1/h7-12H,1-6H2. The van der Waals surface area contributed by atoms with Crippen LogP contribution in [-0.4, -0.2) is 43.7 Å². The Morgan fingerprint density at radius 1 is 0.333 bits per heavy atom. The highest BCUT2D eigenvalue weighted by Gasteiger charge is 2.01. The molecular weight excluding hydrogens is 137 g/mol. The Kier molecular flexibility index (Phi) is 6.99. The molecule has 60 valence electrons. The topological polar surface area (TPSA) is 0 Å². The van der Waals surface area contributed by atoms with Crippen LogP contribution in [0.2, 0.25) is 37.3 Å². The molecule has 0 N–H and O–H groups in total. The van der Waals surface area contributed by atoms with Gasteiger partial charge in [0.1, 0.15) is 43.7 Å². The Morgan fingerprint density at radius 2 is 0.500 bits per heavy atom. The first-order valence-electron chi connectivity index (χ1n) is 6.00. The maximum absolute atomic E-state index is 1.50. The maximum Gasteiger partial charge on any atom is 0.105 e. The van der Waals surface area contributed by atoms with Crippen LogP contribution >= 0.6 is 0 Å². The van der Waals surface area contributed by atoms with Crippen LogP contribution in [-0.2, 0) is 0 Å². The Morgan fingerprint density at radius 3 is 0.667 bits per heavy atom. The zero-order valence-electron chi connectivity index (χ0n) is 8.49. The monoisotopic (exact) mass is 156 g/mol. The molecule has 0 spiro atoms. The molecule has 0 amide bonds. The van der Waals surface area contributed by atoms with E-state index in [2.05, 4.69) is 0 Å². The normalized spacial score (nSPS) is 20.0. The molecule has 0 aromatic heterocycles. The zero-order chi connectivity index (χ0) is 8.49. The Labute approximate surface area is 81.5 Å². The third-order valence-corrected chi connectivity index (χ3v) is 3.00. The van der Waals surface area contributed by atoms with E-state index in [1.807, 2.05) is 0 Å². The van der Waals surface area contributed by atoms with Gasteiger partial charge in [-0.15, -0.1) is 37.3 Å². The van der Waals surface area contributed by atoms with E-state index in [-0.39, 0.29) is 0 Å². The van der Waals surface area contributed by atoms with Crippen molar-refractivity contribution in [2.75, 3.05) is 0 Å². The molecule has 1 aliphatic rings. The summed E-state index contributed by atoms with van der Waals surface area (Å²) in [5.74, 6) is 0. The fourth-order valence-electron chi connectivity index (χ4n) is 2.12. The molecule has 0 aromatic carbocycles. The molecule has 1 rings (SSSR count). The van der Waals surface area contributed by atoms with Gasteiger partial charge >= 0.3 is 0 Å². The van der Waals surface area contributed by atoms with Crippen LogP contribution in [0.25, 0.3) is 0 Å². The minimum atomic E-state index is 1.50. The number of hydrogen-bond donors (Lipinski definition) is 0. The molecule has 0 nitrogen and oxygen atoms in total. The van der Waals surface area contributed by atoms with Crippen molar-refractivity contribution in [1.82, 2.24) is 0 Å². The van der Waals surface area contributed by atoms with Gasteiger partial charge in [-0.05, 0) is 0 Å². The second-order valence-electron chi connectivity index (χ2n) is 4.24. The van der Waals surface area contributed by atoms with Gasteiger partial charge in [-0.25, -0.2) is 0 Å². The van der Waals surface area contributed by atoms with Gasteiger partial charge in [-0.2, -0.15) is 0 Å². The Bertz CT molecular complexity index is 55.0. The van der Waals surface area contributed by atoms with Crippen molar-refractivity contribution < 1.29 is 0 Å². The molecule has 0 bridgehead atoms. The van der Waals surface area contributed by atoms with E-state index in [0.29, 0.717) is 0 Å². The third-order valence-electron chi connectivity index (χ3n) is 3.00. The first-order chi connectivity index (χ1) is 6.00. The van der Waals surface area contributed by atoms with Crippen LogP contribution in [0, 0.1) is 0 Å². The first-order valence-corrected chi connectivity index (χ1v) is 6.00. The van der Waals surface area contributed by atoms with Gasteiger partial charge in [-0.3, -0.25) is 0 Å². The number of hydrogen-bond acceptors (Lipinski definition) is 0. The molecule has 1 fully saturated rings. The predicted molar refractivity (Wildman–Crippen MR) is 71.7 cm³/mol. The average Bonchev–Trinajstić information content (AvgIpc) is 2.05. The molecule has 1 saturated heterocycles. The lowest BCUT2D eigenvalue weighted by atomic mass is 9.32. The summed E-state index contributed by atoms with van der Waals surface area (Å²) in [6.07, 6.45) is 9.00. The predicted octanol–water partition coefficient (Wildman–Crippen LogP) is -1.13. The summed E-state index contributed by atoms with van der Waals surface area (Å²) in [6, 6.07) is 0. The van der Waals surface area contributed by atoms with Gasteiger partial charge in [0.05, 0.1) is 0 Å². The molecule has 1 aliphatic heterocycles.